The molecule has 0 aliphatic carbocycles. The van der Waals surface area contributed by atoms with E-state index in [1.165, 1.54) is 11.3 Å². The van der Waals surface area contributed by atoms with Crippen molar-refractivity contribution in [1.82, 2.24) is 9.88 Å². The molecule has 6 heteroatoms. The first-order chi connectivity index (χ1) is 9.40. The molecule has 0 unspecified atom stereocenters. The third-order valence-electron chi connectivity index (χ3n) is 2.88. The zero-order chi connectivity index (χ0) is 14.9. The van der Waals surface area contributed by atoms with Crippen LogP contribution in [-0.2, 0) is 6.54 Å². The molecule has 1 aromatic heterocycles. The average Bonchev–Trinajstić information content (AvgIpc) is 2.73. The molecule has 0 aliphatic heterocycles. The van der Waals surface area contributed by atoms with E-state index in [2.05, 4.69) is 4.98 Å². The number of hydrogen-bond donors (Lipinski definition) is 0. The zero-order valence-corrected chi connectivity index (χ0v) is 13.7. The summed E-state index contributed by atoms with van der Waals surface area (Å²) in [5, 5.41) is 1.88. The highest BCUT2D eigenvalue weighted by Crippen LogP contribution is 2.27. The summed E-state index contributed by atoms with van der Waals surface area (Å²) < 4.78 is 0. The van der Waals surface area contributed by atoms with Gasteiger partial charge in [0.05, 0.1) is 20.7 Å². The van der Waals surface area contributed by atoms with Crippen LogP contribution < -0.4 is 0 Å². The van der Waals surface area contributed by atoms with Crippen molar-refractivity contribution in [2.24, 2.45) is 0 Å². The van der Waals surface area contributed by atoms with Crippen LogP contribution in [0.1, 0.15) is 25.9 Å². The molecule has 1 heterocycles. The van der Waals surface area contributed by atoms with Crippen molar-refractivity contribution in [3.05, 3.63) is 49.4 Å². The van der Waals surface area contributed by atoms with Gasteiger partial charge in [0, 0.05) is 13.6 Å². The number of carbonyl (C=O) groups is 1. The second-order valence-electron chi connectivity index (χ2n) is 4.52. The number of halogens is 2. The van der Waals surface area contributed by atoms with Crippen molar-refractivity contribution in [3.8, 4) is 0 Å². The molecule has 0 saturated carbocycles. The van der Waals surface area contributed by atoms with Crippen molar-refractivity contribution in [3.63, 3.8) is 0 Å². The van der Waals surface area contributed by atoms with Gasteiger partial charge >= 0.3 is 0 Å². The second-order valence-corrected chi connectivity index (χ2v) is 6.51. The first-order valence-electron chi connectivity index (χ1n) is 6.02. The lowest BCUT2D eigenvalue weighted by Crippen LogP contribution is -2.26. The van der Waals surface area contributed by atoms with Gasteiger partial charge in [-0.05, 0) is 25.5 Å². The van der Waals surface area contributed by atoms with E-state index in [0.717, 1.165) is 16.3 Å². The van der Waals surface area contributed by atoms with Gasteiger partial charge < -0.3 is 4.90 Å². The molecule has 0 saturated heterocycles. The van der Waals surface area contributed by atoms with Crippen molar-refractivity contribution < 1.29 is 4.79 Å². The van der Waals surface area contributed by atoms with E-state index < -0.39 is 0 Å². The predicted octanol–water partition coefficient (Wildman–Crippen LogP) is 4.34. The molecule has 0 N–H and O–H groups in total. The molecule has 0 spiro atoms. The number of nitrogens with zero attached hydrogens (tertiary/aromatic N) is 2. The fourth-order valence-corrected chi connectivity index (χ4v) is 3.20. The van der Waals surface area contributed by atoms with E-state index in [1.54, 1.807) is 18.0 Å². The summed E-state index contributed by atoms with van der Waals surface area (Å²) in [6.45, 7) is 4.15. The number of carbonyl (C=O) groups excluding carboxylic acids is 1. The Morgan fingerprint density at radius 1 is 1.35 bits per heavy atom. The van der Waals surface area contributed by atoms with Crippen molar-refractivity contribution in [2.45, 2.75) is 20.4 Å². The van der Waals surface area contributed by atoms with Crippen LogP contribution in [0.4, 0.5) is 0 Å². The summed E-state index contributed by atoms with van der Waals surface area (Å²) in [6.07, 6.45) is 0. The predicted molar refractivity (Wildman–Crippen MR) is 83.8 cm³/mol. The highest BCUT2D eigenvalue weighted by Gasteiger charge is 2.19. The van der Waals surface area contributed by atoms with Crippen LogP contribution in [0.2, 0.25) is 10.0 Å². The smallest absolute Gasteiger partial charge is 0.265 e. The standard InChI is InChI=1S/C14H14Cl2N2OS/c1-8-13(20-9(2)17-8)14(19)18(3)7-10-5-4-6-11(15)12(10)16/h4-6H,7H2,1-3H3. The van der Waals surface area contributed by atoms with E-state index >= 15 is 0 Å². The third-order valence-corrected chi connectivity index (χ3v) is 4.80. The molecule has 0 aliphatic rings. The number of aromatic nitrogens is 1. The Morgan fingerprint density at radius 3 is 2.65 bits per heavy atom. The molecular weight excluding hydrogens is 315 g/mol. The van der Waals surface area contributed by atoms with E-state index in [-0.39, 0.29) is 5.91 Å². The summed E-state index contributed by atoms with van der Waals surface area (Å²) in [4.78, 5) is 19.0. The summed E-state index contributed by atoms with van der Waals surface area (Å²) in [5.41, 5.74) is 1.59. The summed E-state index contributed by atoms with van der Waals surface area (Å²) >= 11 is 13.5. The van der Waals surface area contributed by atoms with Gasteiger partial charge in [0.25, 0.3) is 5.91 Å². The number of rotatable bonds is 3. The Labute approximate surface area is 132 Å². The first-order valence-corrected chi connectivity index (χ1v) is 7.59. The van der Waals surface area contributed by atoms with Crippen LogP contribution in [0.25, 0.3) is 0 Å². The normalized spacial score (nSPS) is 10.7. The number of benzene rings is 1. The van der Waals surface area contributed by atoms with Gasteiger partial charge in [-0.2, -0.15) is 0 Å². The fraction of sp³-hybridized carbons (Fsp3) is 0.286. The second kappa shape index (κ2) is 6.12. The first kappa shape index (κ1) is 15.3. The van der Waals surface area contributed by atoms with Gasteiger partial charge in [-0.15, -0.1) is 11.3 Å². The van der Waals surface area contributed by atoms with Gasteiger partial charge in [0.1, 0.15) is 4.88 Å². The maximum absolute atomic E-state index is 12.4. The number of aryl methyl sites for hydroxylation is 2. The Hall–Kier alpha value is -1.10. The van der Waals surface area contributed by atoms with E-state index in [1.807, 2.05) is 26.0 Å². The molecule has 0 atom stereocenters. The van der Waals surface area contributed by atoms with Crippen LogP contribution >= 0.6 is 34.5 Å². The molecule has 0 fully saturated rings. The minimum absolute atomic E-state index is 0.0517. The summed E-state index contributed by atoms with van der Waals surface area (Å²) in [7, 11) is 1.74. The van der Waals surface area contributed by atoms with Crippen molar-refractivity contribution >= 4 is 40.4 Å². The third kappa shape index (κ3) is 3.14. The van der Waals surface area contributed by atoms with Crippen LogP contribution in [0, 0.1) is 13.8 Å². The van der Waals surface area contributed by atoms with E-state index in [4.69, 9.17) is 23.2 Å². The Bertz CT molecular complexity index is 655. The molecule has 1 amide bonds. The molecule has 0 bridgehead atoms. The minimum Gasteiger partial charge on any atom is -0.337 e. The zero-order valence-electron chi connectivity index (χ0n) is 11.4. The molecule has 106 valence electrons. The molecule has 3 nitrogen and oxygen atoms in total. The Morgan fingerprint density at radius 2 is 2.05 bits per heavy atom. The molecule has 0 radical (unpaired) electrons. The molecular formula is C14H14Cl2N2OS. The lowest BCUT2D eigenvalue weighted by atomic mass is 10.2. The highest BCUT2D eigenvalue weighted by atomic mass is 35.5. The van der Waals surface area contributed by atoms with Crippen molar-refractivity contribution in [1.29, 1.82) is 0 Å². The fourth-order valence-electron chi connectivity index (χ4n) is 1.90. The monoisotopic (exact) mass is 328 g/mol. The number of thiazole rings is 1. The van der Waals surface area contributed by atoms with Gasteiger partial charge in [-0.1, -0.05) is 35.3 Å². The van der Waals surface area contributed by atoms with E-state index in [0.29, 0.717) is 21.5 Å². The minimum atomic E-state index is -0.0517. The van der Waals surface area contributed by atoms with Crippen LogP contribution in [0.3, 0.4) is 0 Å². The summed E-state index contributed by atoms with van der Waals surface area (Å²) in [5.74, 6) is -0.0517. The van der Waals surface area contributed by atoms with E-state index in [9.17, 15) is 4.79 Å². The van der Waals surface area contributed by atoms with Gasteiger partial charge in [0.2, 0.25) is 0 Å². The maximum atomic E-state index is 12.4. The quantitative estimate of drug-likeness (QED) is 0.839. The van der Waals surface area contributed by atoms with Crippen LogP contribution in [0.5, 0.6) is 0 Å². The Balaban J connectivity index is 2.20. The molecule has 1 aromatic carbocycles. The summed E-state index contributed by atoms with van der Waals surface area (Å²) in [6, 6.07) is 5.42. The van der Waals surface area contributed by atoms with Gasteiger partial charge in [-0.3, -0.25) is 4.79 Å². The topological polar surface area (TPSA) is 33.2 Å². The Kier molecular flexibility index (Phi) is 4.68. The maximum Gasteiger partial charge on any atom is 0.265 e. The van der Waals surface area contributed by atoms with Gasteiger partial charge in [-0.25, -0.2) is 4.98 Å². The highest BCUT2D eigenvalue weighted by molar-refractivity contribution is 7.13. The average molecular weight is 329 g/mol. The van der Waals surface area contributed by atoms with Crippen LogP contribution in [0.15, 0.2) is 18.2 Å². The molecule has 2 aromatic rings. The van der Waals surface area contributed by atoms with Crippen molar-refractivity contribution in [2.75, 3.05) is 7.05 Å². The molecule has 20 heavy (non-hydrogen) atoms. The number of amides is 1. The lowest BCUT2D eigenvalue weighted by molar-refractivity contribution is 0.0789. The molecule has 2 rings (SSSR count). The largest absolute Gasteiger partial charge is 0.337 e. The van der Waals surface area contributed by atoms with Crippen LogP contribution in [-0.4, -0.2) is 22.8 Å². The lowest BCUT2D eigenvalue weighted by Gasteiger charge is -2.17. The van der Waals surface area contributed by atoms with Gasteiger partial charge in [0.15, 0.2) is 0 Å². The SMILES string of the molecule is Cc1nc(C)c(C(=O)N(C)Cc2cccc(Cl)c2Cl)s1. The number of hydrogen-bond acceptors (Lipinski definition) is 3.